The van der Waals surface area contributed by atoms with E-state index in [9.17, 15) is 36.2 Å². The molecule has 18 nitrogen and oxygen atoms in total. The van der Waals surface area contributed by atoms with Crippen molar-refractivity contribution in [3.8, 4) is 23.0 Å². The number of aliphatic hydroxyl groups excluding tert-OH is 1. The zero-order chi connectivity index (χ0) is 46.8. The molecule has 5 N–H and O–H groups in total. The highest BCUT2D eigenvalue weighted by atomic mass is 32.2. The van der Waals surface area contributed by atoms with Gasteiger partial charge in [0.15, 0.2) is 5.75 Å². The number of ether oxygens (including phenoxy) is 3. The Morgan fingerprint density at radius 1 is 0.515 bits per heavy atom. The third-order valence-electron chi connectivity index (χ3n) is 10.3. The summed E-state index contributed by atoms with van der Waals surface area (Å²) in [6.45, 7) is -0.562. The molecule has 0 heterocycles. The monoisotopic (exact) mass is 927 g/mol. The number of methoxy groups -OCH3 is 3. The molecular weight excluding hydrogens is 891 g/mol. The molecule has 8 rings (SSSR count). The largest absolute Gasteiger partial charge is 0.505 e. The second kappa shape index (κ2) is 18.3. The molecule has 0 atom stereocenters. The van der Waals surface area contributed by atoms with Crippen LogP contribution in [-0.2, 0) is 26.8 Å². The topological polar surface area (TPSA) is 263 Å². The fourth-order valence-electron chi connectivity index (χ4n) is 7.15. The molecule has 0 saturated heterocycles. The number of nitrogens with zero attached hydrogens (tertiary/aromatic N) is 6. The number of fused-ring (bicyclic) bond motifs is 3. The number of aromatic hydroxyl groups is 1. The molecule has 0 unspecified atom stereocenters. The average Bonchev–Trinajstić information content (AvgIpc) is 3.31. The van der Waals surface area contributed by atoms with Crippen LogP contribution in [0, 0.1) is 0 Å². The van der Waals surface area contributed by atoms with Gasteiger partial charge in [-0.25, -0.2) is 0 Å². The predicted octanol–water partition coefficient (Wildman–Crippen LogP) is 11.9. The molecule has 0 saturated carbocycles. The Balaban J connectivity index is 1.09. The molecule has 8 aromatic rings. The van der Waals surface area contributed by atoms with Crippen molar-refractivity contribution < 1.29 is 50.4 Å². The van der Waals surface area contributed by atoms with Crippen molar-refractivity contribution in [1.29, 1.82) is 0 Å². The first-order valence-corrected chi connectivity index (χ1v) is 22.4. The minimum Gasteiger partial charge on any atom is -0.505 e. The van der Waals surface area contributed by atoms with E-state index in [4.69, 9.17) is 14.2 Å². The number of azo groups is 3. The van der Waals surface area contributed by atoms with E-state index < -0.39 is 36.6 Å². The normalized spacial score (nSPS) is 12.3. The lowest BCUT2D eigenvalue weighted by molar-refractivity contribution is 0.282. The van der Waals surface area contributed by atoms with E-state index in [2.05, 4.69) is 36.0 Å². The van der Waals surface area contributed by atoms with E-state index in [1.807, 2.05) is 66.7 Å². The van der Waals surface area contributed by atoms with E-state index in [0.717, 1.165) is 34.6 Å². The number of phenolic OH excluding ortho intramolecular Hbond substituents is 1. The summed E-state index contributed by atoms with van der Waals surface area (Å²) in [6, 6.07) is 34.0. The number of nitrogens with one attached hydrogen (secondary N) is 1. The van der Waals surface area contributed by atoms with Crippen molar-refractivity contribution in [2.45, 2.75) is 16.4 Å². The molecule has 20 heteroatoms. The summed E-state index contributed by atoms with van der Waals surface area (Å²) >= 11 is 0. The van der Waals surface area contributed by atoms with Gasteiger partial charge in [-0.15, -0.1) is 20.5 Å². The Bertz CT molecular complexity index is 3530. The zero-order valence-corrected chi connectivity index (χ0v) is 36.6. The van der Waals surface area contributed by atoms with E-state index >= 15 is 0 Å². The van der Waals surface area contributed by atoms with Crippen LogP contribution in [-0.4, -0.2) is 57.5 Å². The van der Waals surface area contributed by atoms with Crippen LogP contribution in [0.4, 0.5) is 45.5 Å². The molecule has 0 aromatic heterocycles. The molecule has 334 valence electrons. The quantitative estimate of drug-likeness (QED) is 0.0503. The highest BCUT2D eigenvalue weighted by molar-refractivity contribution is 7.86. The van der Waals surface area contributed by atoms with Crippen molar-refractivity contribution >= 4 is 98.1 Å². The van der Waals surface area contributed by atoms with Gasteiger partial charge in [-0.1, -0.05) is 42.5 Å². The lowest BCUT2D eigenvalue weighted by atomic mass is 10.1. The van der Waals surface area contributed by atoms with Crippen LogP contribution in [0.2, 0.25) is 0 Å². The third-order valence-corrected chi connectivity index (χ3v) is 12.1. The maximum atomic E-state index is 12.3. The molecule has 0 fully saturated rings. The van der Waals surface area contributed by atoms with Gasteiger partial charge in [0.05, 0.1) is 45.0 Å². The second-order valence-electron chi connectivity index (χ2n) is 14.4. The van der Waals surface area contributed by atoms with Crippen LogP contribution in [0.5, 0.6) is 23.0 Å². The Morgan fingerprint density at radius 2 is 1.17 bits per heavy atom. The molecule has 0 spiro atoms. The van der Waals surface area contributed by atoms with E-state index in [0.29, 0.717) is 33.3 Å². The first kappa shape index (κ1) is 44.7. The molecule has 0 aliphatic rings. The van der Waals surface area contributed by atoms with Crippen LogP contribution in [0.3, 0.4) is 0 Å². The zero-order valence-electron chi connectivity index (χ0n) is 35.0. The summed E-state index contributed by atoms with van der Waals surface area (Å²) in [7, 11) is -5.27. The maximum Gasteiger partial charge on any atom is 0.295 e. The van der Waals surface area contributed by atoms with Gasteiger partial charge in [-0.05, 0) is 78.2 Å². The van der Waals surface area contributed by atoms with E-state index in [-0.39, 0.29) is 50.6 Å². The number of phenols is 1. The highest BCUT2D eigenvalue weighted by Crippen LogP contribution is 2.45. The van der Waals surface area contributed by atoms with Gasteiger partial charge in [0.2, 0.25) is 0 Å². The lowest BCUT2D eigenvalue weighted by Gasteiger charge is -2.11. The Hall–Kier alpha value is -7.88. The number of benzene rings is 8. The molecule has 0 aliphatic carbocycles. The number of hydrogen-bond acceptors (Lipinski definition) is 16. The van der Waals surface area contributed by atoms with Crippen LogP contribution in [0.1, 0.15) is 5.56 Å². The Kier molecular flexibility index (Phi) is 12.4. The van der Waals surface area contributed by atoms with Crippen molar-refractivity contribution in [1.82, 2.24) is 0 Å². The van der Waals surface area contributed by atoms with Gasteiger partial charge in [-0.3, -0.25) is 9.11 Å². The second-order valence-corrected chi connectivity index (χ2v) is 17.2. The van der Waals surface area contributed by atoms with Gasteiger partial charge in [0.1, 0.15) is 44.1 Å². The summed E-state index contributed by atoms with van der Waals surface area (Å²) in [5.74, 6) is 1.14. The van der Waals surface area contributed by atoms with Gasteiger partial charge < -0.3 is 29.7 Å². The fourth-order valence-corrected chi connectivity index (χ4v) is 8.57. The SMILES string of the molecule is COc1ccc(Nc2ccc3c(O)c(N=Nc4c(OC)cc(N=Nc5cc(CO)c(N=Nc6cc(S(=O)(=O)O)c7cccc(S(=O)(=O)O)c7c6)cc5OC)c5ccccc45)ccc3c2)cc1. The van der Waals surface area contributed by atoms with Crippen LogP contribution in [0.25, 0.3) is 32.3 Å². The minimum absolute atomic E-state index is 0.0566. The lowest BCUT2D eigenvalue weighted by Crippen LogP contribution is -2.03. The third kappa shape index (κ3) is 9.20. The first-order chi connectivity index (χ1) is 31.7. The van der Waals surface area contributed by atoms with Gasteiger partial charge in [0.25, 0.3) is 20.2 Å². The smallest absolute Gasteiger partial charge is 0.295 e. The molecule has 0 aliphatic heterocycles. The van der Waals surface area contributed by atoms with Crippen LogP contribution < -0.4 is 19.5 Å². The molecular formula is C46H37N7O11S2. The summed E-state index contributed by atoms with van der Waals surface area (Å²) in [5, 5.41) is 53.3. The summed E-state index contributed by atoms with van der Waals surface area (Å²) in [4.78, 5) is -1.29. The van der Waals surface area contributed by atoms with E-state index in [1.165, 1.54) is 44.6 Å². The Labute approximate surface area is 376 Å². The van der Waals surface area contributed by atoms with E-state index in [1.54, 1.807) is 25.3 Å². The number of aliphatic hydroxyl groups is 1. The molecule has 0 bridgehead atoms. The van der Waals surface area contributed by atoms with Gasteiger partial charge in [-0.2, -0.15) is 27.1 Å². The fraction of sp³-hybridized carbons (Fsp3) is 0.0870. The molecule has 66 heavy (non-hydrogen) atoms. The summed E-state index contributed by atoms with van der Waals surface area (Å²) in [5.41, 5.74) is 2.90. The average molecular weight is 928 g/mol. The number of hydrogen-bond donors (Lipinski definition) is 5. The van der Waals surface area contributed by atoms with Crippen molar-refractivity contribution in [2.75, 3.05) is 26.6 Å². The number of anilines is 2. The van der Waals surface area contributed by atoms with Gasteiger partial charge >= 0.3 is 0 Å². The van der Waals surface area contributed by atoms with Crippen LogP contribution >= 0.6 is 0 Å². The molecule has 0 amide bonds. The summed E-state index contributed by atoms with van der Waals surface area (Å²) < 4.78 is 85.2. The molecule has 8 aromatic carbocycles. The molecule has 0 radical (unpaired) electrons. The summed E-state index contributed by atoms with van der Waals surface area (Å²) in [6.07, 6.45) is 0. The van der Waals surface area contributed by atoms with Crippen molar-refractivity contribution in [3.05, 3.63) is 133 Å². The first-order valence-electron chi connectivity index (χ1n) is 19.5. The van der Waals surface area contributed by atoms with Crippen LogP contribution in [0.15, 0.2) is 168 Å². The minimum atomic E-state index is -4.90. The predicted molar refractivity (Wildman–Crippen MR) is 247 cm³/mol. The van der Waals surface area contributed by atoms with Crippen molar-refractivity contribution in [3.63, 3.8) is 0 Å². The Morgan fingerprint density at radius 3 is 1.86 bits per heavy atom. The van der Waals surface area contributed by atoms with Gasteiger partial charge in [0, 0.05) is 56.0 Å². The number of rotatable bonds is 14. The van der Waals surface area contributed by atoms with Crippen molar-refractivity contribution in [2.24, 2.45) is 30.7 Å². The highest BCUT2D eigenvalue weighted by Gasteiger charge is 2.22. The standard InChI is InChI=1S/C46H37N7O11S2/c1-62-31-15-12-28(13-16-31)47-29-14-17-32-26(19-29)11-18-37(46(32)55)49-53-45-35-8-5-4-7-33(35)39(24-42(45)64-3)51-52-40-20-27(25-54)38(23-41(40)63-2)50-48-30-21-36-34(44(22-30)66(59,60)61)9-6-10-43(36)65(56,57)58/h4-24,47,54-55H,25H2,1-3H3,(H,56,57,58)(H,59,60,61). The maximum absolute atomic E-state index is 12.3.